The Morgan fingerprint density at radius 2 is 1.71 bits per heavy atom. The average molecular weight is 289 g/mol. The summed E-state index contributed by atoms with van der Waals surface area (Å²) in [6.07, 6.45) is 4.49. The van der Waals surface area contributed by atoms with Crippen molar-refractivity contribution in [2.24, 2.45) is 5.73 Å². The van der Waals surface area contributed by atoms with E-state index in [0.717, 1.165) is 12.8 Å². The quantitative estimate of drug-likeness (QED) is 0.793. The molecule has 0 bridgehead atoms. The molecule has 1 saturated carbocycles. The van der Waals surface area contributed by atoms with Crippen LogP contribution >= 0.6 is 0 Å². The molecule has 1 aliphatic rings. The van der Waals surface area contributed by atoms with Crippen molar-refractivity contribution in [2.75, 3.05) is 5.32 Å². The molecule has 0 spiro atoms. The fourth-order valence-electron chi connectivity index (χ4n) is 2.34. The minimum atomic E-state index is -0.932. The second kappa shape index (κ2) is 6.26. The summed E-state index contributed by atoms with van der Waals surface area (Å²) in [5.41, 5.74) is 6.03. The fourth-order valence-corrected chi connectivity index (χ4v) is 2.34. The molecule has 0 unspecified atom stereocenters. The molecule has 1 aromatic rings. The summed E-state index contributed by atoms with van der Waals surface area (Å²) in [5, 5.41) is 5.76. The number of hydrogen-bond donors (Lipinski definition) is 3. The van der Waals surface area contributed by atoms with Crippen LogP contribution in [-0.2, 0) is 4.79 Å². The lowest BCUT2D eigenvalue weighted by molar-refractivity contribution is -0.120. The molecule has 0 aromatic heterocycles. The standard InChI is InChI=1S/C16H23N3O2/c1-16(2,17)15(21)19-13-9-7-11(8-10-13)14(20)18-12-5-3-4-6-12/h7-10,12H,3-6,17H2,1-2H3,(H,18,20)(H,19,21). The van der Waals surface area contributed by atoms with Crippen LogP contribution in [0.4, 0.5) is 5.69 Å². The summed E-state index contributed by atoms with van der Waals surface area (Å²) in [6, 6.07) is 7.16. The Labute approximate surface area is 125 Å². The highest BCUT2D eigenvalue weighted by atomic mass is 16.2. The van der Waals surface area contributed by atoms with Crippen LogP contribution in [0.2, 0.25) is 0 Å². The highest BCUT2D eigenvalue weighted by Crippen LogP contribution is 2.18. The Morgan fingerprint density at radius 3 is 2.24 bits per heavy atom. The number of hydrogen-bond acceptors (Lipinski definition) is 3. The molecule has 5 nitrogen and oxygen atoms in total. The van der Waals surface area contributed by atoms with E-state index in [9.17, 15) is 9.59 Å². The van der Waals surface area contributed by atoms with E-state index in [4.69, 9.17) is 5.73 Å². The maximum Gasteiger partial charge on any atom is 0.251 e. The molecule has 0 atom stereocenters. The smallest absolute Gasteiger partial charge is 0.251 e. The minimum absolute atomic E-state index is 0.0565. The maximum absolute atomic E-state index is 12.1. The second-order valence-corrected chi connectivity index (χ2v) is 6.21. The van der Waals surface area contributed by atoms with Gasteiger partial charge in [0.25, 0.3) is 5.91 Å². The summed E-state index contributed by atoms with van der Waals surface area (Å²) in [5.74, 6) is -0.315. The summed E-state index contributed by atoms with van der Waals surface area (Å²) in [6.45, 7) is 3.29. The molecule has 5 heteroatoms. The largest absolute Gasteiger partial charge is 0.349 e. The SMILES string of the molecule is CC(C)(N)C(=O)Nc1ccc(C(=O)NC2CCCC2)cc1. The zero-order valence-electron chi connectivity index (χ0n) is 12.6. The zero-order chi connectivity index (χ0) is 15.5. The van der Waals surface area contributed by atoms with Crippen LogP contribution in [0.15, 0.2) is 24.3 Å². The molecule has 2 amide bonds. The molecule has 1 aliphatic carbocycles. The molecular weight excluding hydrogens is 266 g/mol. The molecule has 0 saturated heterocycles. The Bertz CT molecular complexity index is 511. The first-order chi connectivity index (χ1) is 9.86. The van der Waals surface area contributed by atoms with Gasteiger partial charge >= 0.3 is 0 Å². The zero-order valence-corrected chi connectivity index (χ0v) is 12.6. The Morgan fingerprint density at radius 1 is 1.14 bits per heavy atom. The van der Waals surface area contributed by atoms with Gasteiger partial charge in [-0.3, -0.25) is 9.59 Å². The van der Waals surface area contributed by atoms with Gasteiger partial charge in [-0.15, -0.1) is 0 Å². The molecular formula is C16H23N3O2. The van der Waals surface area contributed by atoms with E-state index in [2.05, 4.69) is 10.6 Å². The lowest BCUT2D eigenvalue weighted by Gasteiger charge is -2.18. The number of benzene rings is 1. The van der Waals surface area contributed by atoms with E-state index >= 15 is 0 Å². The van der Waals surface area contributed by atoms with Crippen molar-refractivity contribution < 1.29 is 9.59 Å². The molecule has 114 valence electrons. The highest BCUT2D eigenvalue weighted by Gasteiger charge is 2.22. The van der Waals surface area contributed by atoms with Crippen LogP contribution in [0.25, 0.3) is 0 Å². The first-order valence-corrected chi connectivity index (χ1v) is 7.37. The number of amides is 2. The predicted molar refractivity (Wildman–Crippen MR) is 83.1 cm³/mol. The van der Waals surface area contributed by atoms with Gasteiger partial charge in [-0.2, -0.15) is 0 Å². The van der Waals surface area contributed by atoms with Crippen molar-refractivity contribution >= 4 is 17.5 Å². The van der Waals surface area contributed by atoms with Gasteiger partial charge in [0.15, 0.2) is 0 Å². The number of carbonyl (C=O) groups is 2. The first kappa shape index (κ1) is 15.5. The van der Waals surface area contributed by atoms with Gasteiger partial charge in [0.05, 0.1) is 5.54 Å². The van der Waals surface area contributed by atoms with E-state index in [0.29, 0.717) is 17.3 Å². The van der Waals surface area contributed by atoms with Gasteiger partial charge in [0, 0.05) is 17.3 Å². The van der Waals surface area contributed by atoms with E-state index in [1.165, 1.54) is 12.8 Å². The van der Waals surface area contributed by atoms with Gasteiger partial charge in [-0.25, -0.2) is 0 Å². The molecule has 0 radical (unpaired) electrons. The summed E-state index contributed by atoms with van der Waals surface area (Å²) < 4.78 is 0. The third-order valence-corrected chi connectivity index (χ3v) is 3.68. The van der Waals surface area contributed by atoms with Crippen molar-refractivity contribution in [3.05, 3.63) is 29.8 Å². The van der Waals surface area contributed by atoms with Crippen LogP contribution in [0.1, 0.15) is 49.9 Å². The third-order valence-electron chi connectivity index (χ3n) is 3.68. The van der Waals surface area contributed by atoms with E-state index in [-0.39, 0.29) is 11.8 Å². The Balaban J connectivity index is 1.95. The van der Waals surface area contributed by atoms with Crippen molar-refractivity contribution in [2.45, 2.75) is 51.1 Å². The number of nitrogens with one attached hydrogen (secondary N) is 2. The Kier molecular flexibility index (Phi) is 4.63. The number of anilines is 1. The van der Waals surface area contributed by atoms with E-state index < -0.39 is 5.54 Å². The molecule has 1 fully saturated rings. The number of carbonyl (C=O) groups excluding carboxylic acids is 2. The highest BCUT2D eigenvalue weighted by molar-refractivity contribution is 5.98. The molecule has 0 heterocycles. The van der Waals surface area contributed by atoms with Gasteiger partial charge in [0.2, 0.25) is 5.91 Å². The summed E-state index contributed by atoms with van der Waals surface area (Å²) in [7, 11) is 0. The van der Waals surface area contributed by atoms with Gasteiger partial charge in [0.1, 0.15) is 0 Å². The van der Waals surface area contributed by atoms with Crippen LogP contribution < -0.4 is 16.4 Å². The minimum Gasteiger partial charge on any atom is -0.349 e. The van der Waals surface area contributed by atoms with Crippen LogP contribution in [0.5, 0.6) is 0 Å². The normalized spacial score (nSPS) is 15.8. The lowest BCUT2D eigenvalue weighted by Crippen LogP contribution is -2.45. The van der Waals surface area contributed by atoms with Crippen molar-refractivity contribution in [1.82, 2.24) is 5.32 Å². The molecule has 0 aliphatic heterocycles. The van der Waals surface area contributed by atoms with Crippen molar-refractivity contribution in [3.8, 4) is 0 Å². The van der Waals surface area contributed by atoms with Crippen molar-refractivity contribution in [1.29, 1.82) is 0 Å². The summed E-state index contributed by atoms with van der Waals surface area (Å²) >= 11 is 0. The number of rotatable bonds is 4. The first-order valence-electron chi connectivity index (χ1n) is 7.37. The average Bonchev–Trinajstić information content (AvgIpc) is 2.91. The van der Waals surface area contributed by atoms with Gasteiger partial charge in [-0.1, -0.05) is 12.8 Å². The topological polar surface area (TPSA) is 84.2 Å². The van der Waals surface area contributed by atoms with Crippen LogP contribution in [0, 0.1) is 0 Å². The fraction of sp³-hybridized carbons (Fsp3) is 0.500. The van der Waals surface area contributed by atoms with Gasteiger partial charge < -0.3 is 16.4 Å². The number of nitrogens with two attached hydrogens (primary N) is 1. The van der Waals surface area contributed by atoms with Crippen LogP contribution in [-0.4, -0.2) is 23.4 Å². The molecule has 1 aromatic carbocycles. The molecule has 21 heavy (non-hydrogen) atoms. The van der Waals surface area contributed by atoms with E-state index in [1.807, 2.05) is 0 Å². The Hall–Kier alpha value is -1.88. The predicted octanol–water partition coefficient (Wildman–Crippen LogP) is 2.03. The van der Waals surface area contributed by atoms with Gasteiger partial charge in [-0.05, 0) is 51.0 Å². The third kappa shape index (κ3) is 4.29. The molecule has 4 N–H and O–H groups in total. The second-order valence-electron chi connectivity index (χ2n) is 6.21. The van der Waals surface area contributed by atoms with E-state index in [1.54, 1.807) is 38.1 Å². The van der Waals surface area contributed by atoms with Crippen molar-refractivity contribution in [3.63, 3.8) is 0 Å². The molecule has 2 rings (SSSR count). The monoisotopic (exact) mass is 289 g/mol. The maximum atomic E-state index is 12.1. The lowest BCUT2D eigenvalue weighted by atomic mass is 10.1. The summed E-state index contributed by atoms with van der Waals surface area (Å²) in [4.78, 5) is 23.8. The van der Waals surface area contributed by atoms with Crippen LogP contribution in [0.3, 0.4) is 0 Å².